The van der Waals surface area contributed by atoms with Crippen molar-refractivity contribution in [3.8, 4) is 0 Å². The topological polar surface area (TPSA) is 595 Å². The van der Waals surface area contributed by atoms with E-state index >= 15 is 0 Å². The highest BCUT2D eigenvalue weighted by molar-refractivity contribution is 5.01. The lowest BCUT2D eigenvalue weighted by Gasteiger charge is -2.50. The summed E-state index contributed by atoms with van der Waals surface area (Å²) in [6.07, 6.45) is -70.2. The molecule has 81 heavy (non-hydrogen) atoms. The van der Waals surface area contributed by atoms with Crippen LogP contribution in [0, 0.1) is 0 Å². The molecule has 0 aromatic rings. The van der Waals surface area contributed by atoms with Crippen molar-refractivity contribution in [3.05, 3.63) is 0 Å². The van der Waals surface area contributed by atoms with Crippen LogP contribution in [0.25, 0.3) is 0 Å². The third-order valence-corrected chi connectivity index (χ3v) is 14.9. The van der Waals surface area contributed by atoms with Crippen molar-refractivity contribution in [2.75, 3.05) is 59.5 Å². The normalized spacial score (nSPS) is 53.0. The molecule has 37 heteroatoms. The molecule has 0 spiro atoms. The lowest BCUT2D eigenvalue weighted by molar-refractivity contribution is -0.396. The smallest absolute Gasteiger partial charge is 0.187 e. The van der Waals surface area contributed by atoms with Gasteiger partial charge in [0, 0.05) is 0 Å². The van der Waals surface area contributed by atoms with E-state index < -0.39 is 261 Å². The molecular formula is C44H76O37. The highest BCUT2D eigenvalue weighted by Crippen LogP contribution is 2.39. The number of rotatable bonds is 8. The molecule has 21 rings (SSSR count). The van der Waals surface area contributed by atoms with Crippen LogP contribution >= 0.6 is 0 Å². The van der Waals surface area contributed by atoms with Gasteiger partial charge >= 0.3 is 0 Å². The van der Waals surface area contributed by atoms with Crippen molar-refractivity contribution >= 4 is 0 Å². The summed E-state index contributed by atoms with van der Waals surface area (Å²) < 4.78 is 79.5. The zero-order valence-corrected chi connectivity index (χ0v) is 42.6. The van der Waals surface area contributed by atoms with Gasteiger partial charge in [-0.1, -0.05) is 0 Å². The van der Waals surface area contributed by atoms with Crippen LogP contribution in [0.15, 0.2) is 0 Å². The van der Waals surface area contributed by atoms with E-state index in [9.17, 15) is 107 Å². The van der Waals surface area contributed by atoms with E-state index in [4.69, 9.17) is 76.5 Å². The molecule has 37 nitrogen and oxygen atoms in total. The largest absolute Gasteiger partial charge is 0.394 e. The molecular weight excluding hydrogens is 1120 g/mol. The van der Waals surface area contributed by atoms with Crippen LogP contribution in [-0.2, 0) is 66.3 Å². The fourth-order valence-corrected chi connectivity index (χ4v) is 10.4. The van der Waals surface area contributed by atoms with Crippen LogP contribution in [0.5, 0.6) is 0 Å². The van der Waals surface area contributed by atoms with Gasteiger partial charge in [-0.25, -0.2) is 0 Å². The van der Waals surface area contributed by atoms with Gasteiger partial charge in [0.2, 0.25) is 0 Å². The molecule has 0 unspecified atom stereocenters. The van der Waals surface area contributed by atoms with Crippen molar-refractivity contribution in [3.63, 3.8) is 0 Å². The van der Waals surface area contributed by atoms with Gasteiger partial charge in [-0.05, 0) is 0 Å². The summed E-state index contributed by atoms with van der Waals surface area (Å²) in [5.41, 5.74) is 0. The zero-order valence-electron chi connectivity index (χ0n) is 42.6. The van der Waals surface area contributed by atoms with Gasteiger partial charge in [-0.3, -0.25) is 0 Å². The second kappa shape index (κ2) is 29.5. The van der Waals surface area contributed by atoms with E-state index in [0.717, 1.165) is 0 Å². The number of aliphatic hydroxyl groups excluding tert-OH is 23. The Balaban J connectivity index is 0.00000229. The van der Waals surface area contributed by atoms with Crippen LogP contribution < -0.4 is 0 Å². The second-order valence-electron chi connectivity index (χ2n) is 20.1. The summed E-state index contributed by atoms with van der Waals surface area (Å²) in [6, 6.07) is 0. The first kappa shape index (κ1) is 67.0. The first-order chi connectivity index (χ1) is 38.6. The Kier molecular flexibility index (Phi) is 24.4. The van der Waals surface area contributed by atoms with E-state index in [0.29, 0.717) is 0 Å². The molecule has 0 aromatic heterocycles. The minimum absolute atomic E-state index is 0.125. The standard InChI is InChI=1S/C42H70O35.C2H6O2/c43-1-8-29-15(50)22(57)36(64-8)72-30-9(2-44)66-38(24(59)17(30)52)74-32-11(4-46)68-40(26(61)19(32)54)76-34-13(6-48)70-42(28(63)21(34)56)77-35-14(7-49)69-41(27(62)20(35)55)75-33-12(5-47)67-39(25(60)18(33)53)73-31-10(3-45)65-37(71-29)23(58)16(31)51;3-1-2-4/h8-63H,1-7H2;3-4H,1-2H2/t8-,9-,10-,11-,12-,13-,14-,15-,16-,17-,18-,19-,20-,21-,22-,23-,24-,25-,26-,27-,28-,29-,30-,31-,32-,33-,34-,35-,36-,37-,38-,39-,40-,41-,42-;/m1./s1. The molecule has 0 radical (unpaired) electrons. The third kappa shape index (κ3) is 14.0. The third-order valence-electron chi connectivity index (χ3n) is 14.9. The van der Waals surface area contributed by atoms with Crippen LogP contribution in [0.4, 0.5) is 0 Å². The van der Waals surface area contributed by atoms with Crippen LogP contribution in [0.2, 0.25) is 0 Å². The molecule has 21 aliphatic heterocycles. The predicted octanol–water partition coefficient (Wildman–Crippen LogP) is -16.3. The van der Waals surface area contributed by atoms with Crippen molar-refractivity contribution in [2.45, 2.75) is 215 Å². The molecule has 0 aromatic carbocycles. The second-order valence-corrected chi connectivity index (χ2v) is 20.1. The van der Waals surface area contributed by atoms with Crippen molar-refractivity contribution in [2.24, 2.45) is 0 Å². The monoisotopic (exact) mass is 1200 g/mol. The maximum Gasteiger partial charge on any atom is 0.187 e. The van der Waals surface area contributed by atoms with E-state index in [2.05, 4.69) is 0 Å². The van der Waals surface area contributed by atoms with Crippen molar-refractivity contribution in [1.82, 2.24) is 0 Å². The Labute approximate surface area is 457 Å². The Hall–Kier alpha value is -1.48. The molecule has 23 N–H and O–H groups in total. The lowest BCUT2D eigenvalue weighted by atomic mass is 9.95. The van der Waals surface area contributed by atoms with E-state index in [-0.39, 0.29) is 13.2 Å². The van der Waals surface area contributed by atoms with Gasteiger partial charge in [-0.2, -0.15) is 0 Å². The number of hydrogen-bond acceptors (Lipinski definition) is 37. The van der Waals surface area contributed by atoms with E-state index in [1.165, 1.54) is 0 Å². The quantitative estimate of drug-likeness (QED) is 0.107. The maximum absolute atomic E-state index is 11.3. The molecule has 14 bridgehead atoms. The molecule has 21 aliphatic rings. The lowest BCUT2D eigenvalue weighted by Crippen LogP contribution is -2.68. The van der Waals surface area contributed by atoms with Gasteiger partial charge in [0.05, 0.1) is 59.5 Å². The first-order valence-corrected chi connectivity index (χ1v) is 25.8. The summed E-state index contributed by atoms with van der Waals surface area (Å²) in [4.78, 5) is 0. The number of aliphatic hydroxyl groups is 23. The Bertz CT molecular complexity index is 1500. The van der Waals surface area contributed by atoms with Crippen LogP contribution in [-0.4, -0.2) is 392 Å². The first-order valence-electron chi connectivity index (χ1n) is 25.8. The Morgan fingerprint density at radius 3 is 0.358 bits per heavy atom. The SMILES string of the molecule is OCCO.OC[C@H]1O[C@@H]2O[C@H]3[C@H](O)[C@@H](O)[C@@H](O[C@H]4[C@H](O)[C@@H](O)[C@@H](O[C@H]5[C@H](O)[C@@H](O)[C@@H](O[C@H]6[C@H](O)[C@@H](O)[C@@H](O[C@H]7[C@H](O)[C@@H](O)[C@@H](O[C@H]8[C@H](O)[C@@H](O)[C@@H](O[C@H]1[C@H](O)[C@H]2O)O[C@@H]8CO)O[C@@H]7CO)O[C@@H]6CO)O[C@@H]5CO)O[C@@H]4CO)O[C@@H]3CO. The van der Waals surface area contributed by atoms with Crippen molar-refractivity contribution in [1.29, 1.82) is 0 Å². The molecule has 0 aliphatic carbocycles. The average molecular weight is 1200 g/mol. The molecule has 21 fully saturated rings. The summed E-state index contributed by atoms with van der Waals surface area (Å²) in [7, 11) is 0. The van der Waals surface area contributed by atoms with Gasteiger partial charge < -0.3 is 184 Å². The minimum atomic E-state index is -2.21. The number of hydrogen-bond donors (Lipinski definition) is 23. The van der Waals surface area contributed by atoms with Crippen molar-refractivity contribution < 1.29 is 184 Å². The summed E-state index contributed by atoms with van der Waals surface area (Å²) in [5, 5.41) is 246. The Morgan fingerprint density at radius 1 is 0.160 bits per heavy atom. The van der Waals surface area contributed by atoms with Crippen LogP contribution in [0.1, 0.15) is 0 Å². The molecule has 474 valence electrons. The van der Waals surface area contributed by atoms with Gasteiger partial charge in [0.1, 0.15) is 171 Å². The summed E-state index contributed by atoms with van der Waals surface area (Å²) in [6.45, 7) is -7.58. The highest BCUT2D eigenvalue weighted by Gasteiger charge is 2.59. The Morgan fingerprint density at radius 2 is 0.272 bits per heavy atom. The average Bonchev–Trinajstić information content (AvgIpc) is 3.66. The highest BCUT2D eigenvalue weighted by atomic mass is 16.8. The fraction of sp³-hybridized carbons (Fsp3) is 1.00. The predicted molar refractivity (Wildman–Crippen MR) is 243 cm³/mol. The van der Waals surface area contributed by atoms with Crippen LogP contribution in [0.3, 0.4) is 0 Å². The molecule has 0 saturated carbocycles. The zero-order chi connectivity index (χ0) is 59.5. The minimum Gasteiger partial charge on any atom is -0.394 e. The van der Waals surface area contributed by atoms with Gasteiger partial charge in [0.25, 0.3) is 0 Å². The van der Waals surface area contributed by atoms with Gasteiger partial charge in [-0.15, -0.1) is 0 Å². The van der Waals surface area contributed by atoms with E-state index in [1.807, 2.05) is 0 Å². The molecule has 21 heterocycles. The molecule has 0 amide bonds. The maximum atomic E-state index is 11.3. The summed E-state index contributed by atoms with van der Waals surface area (Å²) in [5.74, 6) is 0. The van der Waals surface area contributed by atoms with E-state index in [1.54, 1.807) is 0 Å². The molecule has 35 atom stereocenters. The summed E-state index contributed by atoms with van der Waals surface area (Å²) >= 11 is 0. The fourth-order valence-electron chi connectivity index (χ4n) is 10.4. The number of ether oxygens (including phenoxy) is 14. The molecule has 21 saturated heterocycles. The van der Waals surface area contributed by atoms with Gasteiger partial charge in [0.15, 0.2) is 44.0 Å².